The predicted octanol–water partition coefficient (Wildman–Crippen LogP) is 3.55. The first-order valence-electron chi connectivity index (χ1n) is 5.57. The summed E-state index contributed by atoms with van der Waals surface area (Å²) in [5, 5.41) is 4.45. The van der Waals surface area contributed by atoms with Crippen LogP contribution in [-0.4, -0.2) is 25.8 Å². The highest BCUT2D eigenvalue weighted by molar-refractivity contribution is 6.42. The van der Waals surface area contributed by atoms with E-state index in [0.717, 1.165) is 12.0 Å². The van der Waals surface area contributed by atoms with Gasteiger partial charge in [0.2, 0.25) is 0 Å². The van der Waals surface area contributed by atoms with Crippen molar-refractivity contribution < 1.29 is 4.74 Å². The van der Waals surface area contributed by atoms with Gasteiger partial charge in [-0.1, -0.05) is 29.3 Å². The van der Waals surface area contributed by atoms with Crippen LogP contribution in [0.25, 0.3) is 0 Å². The quantitative estimate of drug-likeness (QED) is 0.888. The summed E-state index contributed by atoms with van der Waals surface area (Å²) < 4.78 is 5.50. The molecule has 0 aliphatic carbocycles. The maximum Gasteiger partial charge on any atom is 0.0778 e. The molecule has 0 saturated heterocycles. The van der Waals surface area contributed by atoms with Crippen LogP contribution in [0, 0.1) is 0 Å². The van der Waals surface area contributed by atoms with E-state index in [1.165, 1.54) is 0 Å². The van der Waals surface area contributed by atoms with Crippen LogP contribution in [0.2, 0.25) is 10.0 Å². The van der Waals surface area contributed by atoms with Gasteiger partial charge in [-0.25, -0.2) is 0 Å². The topological polar surface area (TPSA) is 21.3 Å². The fraction of sp³-hybridized carbons (Fsp3) is 0.538. The summed E-state index contributed by atoms with van der Waals surface area (Å²) in [7, 11) is 3.65. The first-order valence-corrected chi connectivity index (χ1v) is 6.32. The Morgan fingerprint density at radius 3 is 2.41 bits per heavy atom. The Kier molecular flexibility index (Phi) is 5.26. The van der Waals surface area contributed by atoms with Gasteiger partial charge in [-0.3, -0.25) is 0 Å². The molecule has 4 heteroatoms. The summed E-state index contributed by atoms with van der Waals surface area (Å²) in [5.74, 6) is 0. The van der Waals surface area contributed by atoms with E-state index in [1.54, 1.807) is 7.11 Å². The maximum atomic E-state index is 6.01. The predicted molar refractivity (Wildman–Crippen MR) is 74.1 cm³/mol. The number of rotatable bonds is 5. The number of benzene rings is 1. The monoisotopic (exact) mass is 275 g/mol. The van der Waals surface area contributed by atoms with E-state index >= 15 is 0 Å². The summed E-state index contributed by atoms with van der Waals surface area (Å²) in [4.78, 5) is 0. The Labute approximate surface area is 113 Å². The molecule has 1 unspecified atom stereocenters. The molecule has 0 aromatic heterocycles. The van der Waals surface area contributed by atoms with Gasteiger partial charge in [0, 0.05) is 13.2 Å². The first-order chi connectivity index (χ1) is 7.90. The van der Waals surface area contributed by atoms with E-state index in [4.69, 9.17) is 27.9 Å². The highest BCUT2D eigenvalue weighted by Gasteiger charge is 2.28. The molecule has 2 nitrogen and oxygen atoms in total. The van der Waals surface area contributed by atoms with Crippen molar-refractivity contribution in [2.24, 2.45) is 0 Å². The molecule has 0 saturated carbocycles. The molecule has 1 aromatic rings. The summed E-state index contributed by atoms with van der Waals surface area (Å²) in [6.07, 6.45) is 0.841. The fourth-order valence-corrected chi connectivity index (χ4v) is 2.06. The normalized spacial score (nSPS) is 13.8. The van der Waals surface area contributed by atoms with E-state index in [-0.39, 0.29) is 11.6 Å². The van der Waals surface area contributed by atoms with E-state index in [1.807, 2.05) is 25.2 Å². The van der Waals surface area contributed by atoms with Crippen LogP contribution >= 0.6 is 23.2 Å². The fourth-order valence-electron chi connectivity index (χ4n) is 1.74. The summed E-state index contributed by atoms with van der Waals surface area (Å²) in [6, 6.07) is 5.93. The molecule has 96 valence electrons. The van der Waals surface area contributed by atoms with E-state index < -0.39 is 0 Å². The molecule has 0 amide bonds. The van der Waals surface area contributed by atoms with Gasteiger partial charge in [0.25, 0.3) is 0 Å². The van der Waals surface area contributed by atoms with Crippen molar-refractivity contribution in [2.75, 3.05) is 14.2 Å². The molecule has 0 aliphatic rings. The van der Waals surface area contributed by atoms with Gasteiger partial charge < -0.3 is 10.1 Å². The number of ether oxygens (including phenoxy) is 1. The van der Waals surface area contributed by atoms with E-state index in [2.05, 4.69) is 19.2 Å². The lowest BCUT2D eigenvalue weighted by molar-refractivity contribution is -0.00797. The number of methoxy groups -OCH3 is 1. The highest BCUT2D eigenvalue weighted by Crippen LogP contribution is 2.25. The van der Waals surface area contributed by atoms with Crippen LogP contribution in [0.1, 0.15) is 19.4 Å². The molecule has 17 heavy (non-hydrogen) atoms. The second-order valence-electron chi connectivity index (χ2n) is 4.60. The zero-order valence-electron chi connectivity index (χ0n) is 10.7. The van der Waals surface area contributed by atoms with Crippen LogP contribution in [0.5, 0.6) is 0 Å². The second kappa shape index (κ2) is 6.05. The largest absolute Gasteiger partial charge is 0.377 e. The third-order valence-electron chi connectivity index (χ3n) is 3.14. The minimum absolute atomic E-state index is 0.213. The molecular weight excluding hydrogens is 257 g/mol. The lowest BCUT2D eigenvalue weighted by Crippen LogP contribution is -2.48. The number of halogens is 2. The van der Waals surface area contributed by atoms with Crippen LogP contribution < -0.4 is 5.32 Å². The van der Waals surface area contributed by atoms with E-state index in [0.29, 0.717) is 10.0 Å². The van der Waals surface area contributed by atoms with Gasteiger partial charge >= 0.3 is 0 Å². The van der Waals surface area contributed by atoms with Crippen LogP contribution in [0.4, 0.5) is 0 Å². The van der Waals surface area contributed by atoms with Crippen LogP contribution in [-0.2, 0) is 11.2 Å². The molecule has 0 spiro atoms. The van der Waals surface area contributed by atoms with Crippen LogP contribution in [0.15, 0.2) is 18.2 Å². The molecule has 0 fully saturated rings. The van der Waals surface area contributed by atoms with Crippen molar-refractivity contribution in [3.8, 4) is 0 Å². The Bertz CT molecular complexity index is 380. The zero-order chi connectivity index (χ0) is 13.1. The average molecular weight is 276 g/mol. The SMILES string of the molecule is CNC(Cc1ccc(Cl)c(Cl)c1)C(C)(C)OC. The molecule has 1 atom stereocenters. The van der Waals surface area contributed by atoms with Gasteiger partial charge in [-0.15, -0.1) is 0 Å². The minimum Gasteiger partial charge on any atom is -0.377 e. The molecule has 1 aromatic carbocycles. The summed E-state index contributed by atoms with van der Waals surface area (Å²) >= 11 is 11.9. The Balaban J connectivity index is 2.84. The summed E-state index contributed by atoms with van der Waals surface area (Å²) in [5.41, 5.74) is 0.907. The molecule has 1 rings (SSSR count). The van der Waals surface area contributed by atoms with Crippen molar-refractivity contribution in [3.05, 3.63) is 33.8 Å². The third kappa shape index (κ3) is 3.85. The molecule has 0 bridgehead atoms. The Morgan fingerprint density at radius 2 is 1.94 bits per heavy atom. The Hall–Kier alpha value is -0.280. The van der Waals surface area contributed by atoms with Crippen molar-refractivity contribution in [1.82, 2.24) is 5.32 Å². The van der Waals surface area contributed by atoms with E-state index in [9.17, 15) is 0 Å². The molecule has 0 aliphatic heterocycles. The first kappa shape index (κ1) is 14.8. The average Bonchev–Trinajstić information content (AvgIpc) is 2.30. The Morgan fingerprint density at radius 1 is 1.29 bits per heavy atom. The zero-order valence-corrected chi connectivity index (χ0v) is 12.2. The van der Waals surface area contributed by atoms with Gasteiger partial charge in [0.05, 0.1) is 15.6 Å². The van der Waals surface area contributed by atoms with Gasteiger partial charge in [-0.2, -0.15) is 0 Å². The number of nitrogens with one attached hydrogen (secondary N) is 1. The van der Waals surface area contributed by atoms with Gasteiger partial charge in [0.1, 0.15) is 0 Å². The van der Waals surface area contributed by atoms with Crippen molar-refractivity contribution >= 4 is 23.2 Å². The molecule has 1 N–H and O–H groups in total. The van der Waals surface area contributed by atoms with Crippen molar-refractivity contribution in [3.63, 3.8) is 0 Å². The van der Waals surface area contributed by atoms with Crippen LogP contribution in [0.3, 0.4) is 0 Å². The smallest absolute Gasteiger partial charge is 0.0778 e. The molecular formula is C13H19Cl2NO. The maximum absolute atomic E-state index is 6.01. The number of likely N-dealkylation sites (N-methyl/N-ethyl adjacent to an activating group) is 1. The van der Waals surface area contributed by atoms with Gasteiger partial charge in [0.15, 0.2) is 0 Å². The van der Waals surface area contributed by atoms with Crippen molar-refractivity contribution in [1.29, 1.82) is 0 Å². The highest BCUT2D eigenvalue weighted by atomic mass is 35.5. The van der Waals surface area contributed by atoms with Crippen molar-refractivity contribution in [2.45, 2.75) is 31.9 Å². The number of hydrogen-bond donors (Lipinski definition) is 1. The third-order valence-corrected chi connectivity index (χ3v) is 3.88. The second-order valence-corrected chi connectivity index (χ2v) is 5.42. The minimum atomic E-state index is -0.235. The molecule has 0 radical (unpaired) electrons. The lowest BCUT2D eigenvalue weighted by atomic mass is 9.92. The standard InChI is InChI=1S/C13H19Cl2NO/c1-13(2,17-4)12(16-3)8-9-5-6-10(14)11(15)7-9/h5-7,12,16H,8H2,1-4H3. The lowest BCUT2D eigenvalue weighted by Gasteiger charge is -2.33. The molecule has 0 heterocycles. The number of hydrogen-bond acceptors (Lipinski definition) is 2. The van der Waals surface area contributed by atoms with Gasteiger partial charge in [-0.05, 0) is 45.0 Å². The summed E-state index contributed by atoms with van der Waals surface area (Å²) in [6.45, 7) is 4.12.